The molecule has 1 unspecified atom stereocenters. The first-order valence-electron chi connectivity index (χ1n) is 7.49. The summed E-state index contributed by atoms with van der Waals surface area (Å²) in [6.45, 7) is 0.485. The molecule has 0 saturated heterocycles. The second-order valence-electron chi connectivity index (χ2n) is 6.02. The Kier molecular flexibility index (Phi) is 6.15. The van der Waals surface area contributed by atoms with Crippen LogP contribution in [-0.4, -0.2) is 46.1 Å². The molecule has 1 amide bonds. The standard InChI is InChI=1S/C17H22N2O3S2/c1-19(2)16(15-7-8-23-11-15)10-18-17(20)14-6-4-5-13(9-14)12-24(3,21)22/h4-9,11,16H,10,12H2,1-3H3,(H,18,20). The van der Waals surface area contributed by atoms with E-state index in [1.54, 1.807) is 35.6 Å². The minimum atomic E-state index is -3.12. The minimum absolute atomic E-state index is 0.0661. The lowest BCUT2D eigenvalue weighted by atomic mass is 10.1. The molecule has 0 fully saturated rings. The van der Waals surface area contributed by atoms with E-state index in [0.717, 1.165) is 5.56 Å². The lowest BCUT2D eigenvalue weighted by molar-refractivity contribution is 0.0942. The van der Waals surface area contributed by atoms with Gasteiger partial charge in [0.05, 0.1) is 11.8 Å². The van der Waals surface area contributed by atoms with E-state index in [0.29, 0.717) is 17.7 Å². The molecule has 0 saturated carbocycles. The highest BCUT2D eigenvalue weighted by atomic mass is 32.2. The molecule has 0 aliphatic carbocycles. The van der Waals surface area contributed by atoms with E-state index in [1.807, 2.05) is 25.5 Å². The van der Waals surface area contributed by atoms with Gasteiger partial charge in [0.15, 0.2) is 9.84 Å². The van der Waals surface area contributed by atoms with Crippen molar-refractivity contribution in [1.82, 2.24) is 10.2 Å². The van der Waals surface area contributed by atoms with E-state index in [9.17, 15) is 13.2 Å². The highest BCUT2D eigenvalue weighted by Crippen LogP contribution is 2.20. The number of carbonyl (C=O) groups is 1. The molecule has 1 heterocycles. The number of rotatable bonds is 7. The van der Waals surface area contributed by atoms with Crippen molar-refractivity contribution in [3.8, 4) is 0 Å². The summed E-state index contributed by atoms with van der Waals surface area (Å²) in [5.41, 5.74) is 2.25. The van der Waals surface area contributed by atoms with Crippen LogP contribution in [0.1, 0.15) is 27.5 Å². The van der Waals surface area contributed by atoms with Crippen LogP contribution in [0.3, 0.4) is 0 Å². The van der Waals surface area contributed by atoms with Gasteiger partial charge in [0.1, 0.15) is 0 Å². The van der Waals surface area contributed by atoms with Gasteiger partial charge >= 0.3 is 0 Å². The number of nitrogens with one attached hydrogen (secondary N) is 1. The number of sulfone groups is 1. The van der Waals surface area contributed by atoms with Crippen LogP contribution in [0.15, 0.2) is 41.1 Å². The maximum atomic E-state index is 12.4. The van der Waals surface area contributed by atoms with Crippen LogP contribution in [0.4, 0.5) is 0 Å². The molecule has 2 rings (SSSR count). The van der Waals surface area contributed by atoms with Gasteiger partial charge in [-0.25, -0.2) is 8.42 Å². The third kappa shape index (κ3) is 5.43. The third-order valence-electron chi connectivity index (χ3n) is 3.63. The summed E-state index contributed by atoms with van der Waals surface area (Å²) in [7, 11) is 0.823. The van der Waals surface area contributed by atoms with Crippen molar-refractivity contribution in [2.45, 2.75) is 11.8 Å². The van der Waals surface area contributed by atoms with Gasteiger partial charge in [-0.15, -0.1) is 0 Å². The highest BCUT2D eigenvalue weighted by molar-refractivity contribution is 7.89. The molecule has 1 aromatic heterocycles. The lowest BCUT2D eigenvalue weighted by Crippen LogP contribution is -2.34. The Morgan fingerprint density at radius 1 is 1.29 bits per heavy atom. The van der Waals surface area contributed by atoms with Crippen LogP contribution in [0.25, 0.3) is 0 Å². The molecule has 7 heteroatoms. The first-order valence-corrected chi connectivity index (χ1v) is 10.5. The molecule has 0 bridgehead atoms. The van der Waals surface area contributed by atoms with Crippen LogP contribution < -0.4 is 5.32 Å². The fourth-order valence-electron chi connectivity index (χ4n) is 2.46. The van der Waals surface area contributed by atoms with Crippen molar-refractivity contribution in [1.29, 1.82) is 0 Å². The van der Waals surface area contributed by atoms with E-state index >= 15 is 0 Å². The molecule has 0 aliphatic rings. The quantitative estimate of drug-likeness (QED) is 0.817. The van der Waals surface area contributed by atoms with Crippen molar-refractivity contribution >= 4 is 27.1 Å². The smallest absolute Gasteiger partial charge is 0.251 e. The number of hydrogen-bond acceptors (Lipinski definition) is 5. The fraction of sp³-hybridized carbons (Fsp3) is 0.353. The Balaban J connectivity index is 2.05. The topological polar surface area (TPSA) is 66.5 Å². The van der Waals surface area contributed by atoms with Crippen molar-refractivity contribution in [3.05, 3.63) is 57.8 Å². The Morgan fingerprint density at radius 3 is 2.62 bits per heavy atom. The predicted molar refractivity (Wildman–Crippen MR) is 98.1 cm³/mol. The number of amides is 1. The Morgan fingerprint density at radius 2 is 2.04 bits per heavy atom. The van der Waals surface area contributed by atoms with Gasteiger partial charge in [0.25, 0.3) is 5.91 Å². The summed E-state index contributed by atoms with van der Waals surface area (Å²) >= 11 is 1.63. The average molecular weight is 367 g/mol. The fourth-order valence-corrected chi connectivity index (χ4v) is 3.95. The SMILES string of the molecule is CN(C)C(CNC(=O)c1cccc(CS(C)(=O)=O)c1)c1ccsc1. The maximum absolute atomic E-state index is 12.4. The molecule has 0 aliphatic heterocycles. The van der Waals surface area contributed by atoms with Crippen molar-refractivity contribution in [2.24, 2.45) is 0 Å². The monoisotopic (exact) mass is 366 g/mol. The largest absolute Gasteiger partial charge is 0.350 e. The first-order chi connectivity index (χ1) is 11.3. The molecular weight excluding hydrogens is 344 g/mol. The summed E-state index contributed by atoms with van der Waals surface area (Å²) in [6, 6.07) is 8.89. The molecule has 0 radical (unpaired) electrons. The zero-order chi connectivity index (χ0) is 17.7. The summed E-state index contributed by atoms with van der Waals surface area (Å²) in [5, 5.41) is 7.02. The third-order valence-corrected chi connectivity index (χ3v) is 5.18. The maximum Gasteiger partial charge on any atom is 0.251 e. The molecule has 0 spiro atoms. The van der Waals surface area contributed by atoms with Gasteiger partial charge in [-0.2, -0.15) is 11.3 Å². The molecular formula is C17H22N2O3S2. The number of thiophene rings is 1. The van der Waals surface area contributed by atoms with Gasteiger partial charge in [0.2, 0.25) is 0 Å². The number of nitrogens with zero attached hydrogens (tertiary/aromatic N) is 1. The summed E-state index contributed by atoms with van der Waals surface area (Å²) in [6.07, 6.45) is 1.18. The van der Waals surface area contributed by atoms with Crippen molar-refractivity contribution in [3.63, 3.8) is 0 Å². The number of benzene rings is 1. The Bertz CT molecular complexity index is 784. The molecule has 130 valence electrons. The second-order valence-corrected chi connectivity index (χ2v) is 8.94. The molecule has 1 aromatic carbocycles. The van der Waals surface area contributed by atoms with E-state index in [1.165, 1.54) is 6.26 Å². The molecule has 2 aromatic rings. The highest BCUT2D eigenvalue weighted by Gasteiger charge is 2.16. The normalized spacial score (nSPS) is 13.0. The minimum Gasteiger partial charge on any atom is -0.350 e. The van der Waals surface area contributed by atoms with Gasteiger partial charge in [-0.05, 0) is 54.2 Å². The summed E-state index contributed by atoms with van der Waals surface area (Å²) in [5.74, 6) is -0.268. The van der Waals surface area contributed by atoms with E-state index in [2.05, 4.69) is 15.6 Å². The van der Waals surface area contributed by atoms with Gasteiger partial charge in [-0.3, -0.25) is 4.79 Å². The number of likely N-dealkylation sites (N-methyl/N-ethyl adjacent to an activating group) is 1. The zero-order valence-electron chi connectivity index (χ0n) is 14.0. The molecule has 1 atom stereocenters. The van der Waals surface area contributed by atoms with Crippen molar-refractivity contribution in [2.75, 3.05) is 26.9 Å². The summed E-state index contributed by atoms with van der Waals surface area (Å²) in [4.78, 5) is 14.4. The van der Waals surface area contributed by atoms with E-state index in [-0.39, 0.29) is 17.7 Å². The average Bonchev–Trinajstić information content (AvgIpc) is 2.99. The first kappa shape index (κ1) is 18.6. The second kappa shape index (κ2) is 7.92. The van der Waals surface area contributed by atoms with Crippen LogP contribution in [-0.2, 0) is 15.6 Å². The Hall–Kier alpha value is -1.70. The number of carbonyl (C=O) groups excluding carboxylic acids is 1. The zero-order valence-corrected chi connectivity index (χ0v) is 15.7. The summed E-state index contributed by atoms with van der Waals surface area (Å²) < 4.78 is 22.8. The van der Waals surface area contributed by atoms with Crippen LogP contribution in [0.5, 0.6) is 0 Å². The molecule has 1 N–H and O–H groups in total. The van der Waals surface area contributed by atoms with Crippen LogP contribution in [0.2, 0.25) is 0 Å². The van der Waals surface area contributed by atoms with Gasteiger partial charge < -0.3 is 10.2 Å². The van der Waals surface area contributed by atoms with Gasteiger partial charge in [-0.1, -0.05) is 12.1 Å². The van der Waals surface area contributed by atoms with E-state index in [4.69, 9.17) is 0 Å². The lowest BCUT2D eigenvalue weighted by Gasteiger charge is -2.24. The van der Waals surface area contributed by atoms with Gasteiger partial charge in [0, 0.05) is 18.4 Å². The number of hydrogen-bond donors (Lipinski definition) is 1. The van der Waals surface area contributed by atoms with Crippen molar-refractivity contribution < 1.29 is 13.2 Å². The predicted octanol–water partition coefficient (Wildman–Crippen LogP) is 2.33. The molecule has 5 nitrogen and oxygen atoms in total. The Labute approximate surface area is 147 Å². The van der Waals surface area contributed by atoms with Crippen LogP contribution in [0, 0.1) is 0 Å². The van der Waals surface area contributed by atoms with Crippen LogP contribution >= 0.6 is 11.3 Å². The molecule has 24 heavy (non-hydrogen) atoms. The van der Waals surface area contributed by atoms with E-state index < -0.39 is 9.84 Å².